The second kappa shape index (κ2) is 5.60. The fourth-order valence-electron chi connectivity index (χ4n) is 1.65. The summed E-state index contributed by atoms with van der Waals surface area (Å²) in [5.74, 6) is -2.72. The molecule has 0 bridgehead atoms. The van der Waals surface area contributed by atoms with E-state index < -0.39 is 22.4 Å². The molecule has 0 aliphatic heterocycles. The van der Waals surface area contributed by atoms with Gasteiger partial charge in [0.25, 0.3) is 5.69 Å². The summed E-state index contributed by atoms with van der Waals surface area (Å²) in [5.41, 5.74) is 0.240. The minimum Gasteiger partial charge on any atom is -0.381 e. The second-order valence-corrected chi connectivity index (χ2v) is 4.06. The molecular weight excluding hydrogens is 273 g/mol. The predicted octanol–water partition coefficient (Wildman–Crippen LogP) is 3.62. The van der Waals surface area contributed by atoms with Gasteiger partial charge in [-0.1, -0.05) is 0 Å². The smallest absolute Gasteiger partial charge is 0.272 e. The number of nitrogens with zero attached hydrogens (tertiary/aromatic N) is 1. The molecule has 2 rings (SSSR count). The minimum atomic E-state index is -1.01. The Morgan fingerprint density at radius 2 is 1.80 bits per heavy atom. The number of non-ortho nitro benzene ring substituents is 1. The molecule has 0 radical (unpaired) electrons. The van der Waals surface area contributed by atoms with E-state index in [0.29, 0.717) is 5.56 Å². The third-order valence-electron chi connectivity index (χ3n) is 2.57. The Labute approximate surface area is 112 Å². The zero-order valence-corrected chi connectivity index (χ0v) is 10.1. The van der Waals surface area contributed by atoms with Gasteiger partial charge in [-0.15, -0.1) is 0 Å². The predicted molar refractivity (Wildman–Crippen MR) is 66.7 cm³/mol. The number of halogens is 3. The van der Waals surface area contributed by atoms with Crippen molar-refractivity contribution < 1.29 is 18.1 Å². The van der Waals surface area contributed by atoms with Crippen molar-refractivity contribution in [2.24, 2.45) is 0 Å². The molecule has 0 unspecified atom stereocenters. The summed E-state index contributed by atoms with van der Waals surface area (Å²) in [6.07, 6.45) is 0. The quantitative estimate of drug-likeness (QED) is 0.688. The van der Waals surface area contributed by atoms with Crippen LogP contribution in [0.5, 0.6) is 0 Å². The molecule has 0 aromatic heterocycles. The number of nitrogens with one attached hydrogen (secondary N) is 1. The summed E-state index contributed by atoms with van der Waals surface area (Å²) in [6, 6.07) is 6.35. The first-order chi connectivity index (χ1) is 9.45. The molecule has 0 amide bonds. The molecule has 20 heavy (non-hydrogen) atoms. The van der Waals surface area contributed by atoms with E-state index in [9.17, 15) is 23.3 Å². The normalized spacial score (nSPS) is 10.3. The van der Waals surface area contributed by atoms with Gasteiger partial charge in [0, 0.05) is 24.4 Å². The van der Waals surface area contributed by atoms with E-state index in [2.05, 4.69) is 5.32 Å². The first-order valence-corrected chi connectivity index (χ1v) is 5.58. The van der Waals surface area contributed by atoms with Gasteiger partial charge in [0.05, 0.1) is 11.0 Å². The fraction of sp³-hybridized carbons (Fsp3) is 0.0769. The van der Waals surface area contributed by atoms with Crippen LogP contribution in [-0.4, -0.2) is 4.92 Å². The van der Waals surface area contributed by atoms with Crippen molar-refractivity contribution in [1.82, 2.24) is 0 Å². The van der Waals surface area contributed by atoms with Crippen molar-refractivity contribution >= 4 is 11.4 Å². The lowest BCUT2D eigenvalue weighted by molar-refractivity contribution is -0.385. The number of hydrogen-bond donors (Lipinski definition) is 1. The van der Waals surface area contributed by atoms with Crippen LogP contribution in [0.15, 0.2) is 36.4 Å². The molecule has 104 valence electrons. The van der Waals surface area contributed by atoms with Crippen LogP contribution in [0.2, 0.25) is 0 Å². The molecule has 0 spiro atoms. The Bertz CT molecular complexity index is 662. The zero-order chi connectivity index (χ0) is 14.7. The van der Waals surface area contributed by atoms with Gasteiger partial charge in [0.2, 0.25) is 0 Å². The van der Waals surface area contributed by atoms with Gasteiger partial charge < -0.3 is 5.32 Å². The van der Waals surface area contributed by atoms with Gasteiger partial charge in [-0.3, -0.25) is 10.1 Å². The first-order valence-electron chi connectivity index (χ1n) is 5.58. The van der Waals surface area contributed by atoms with Gasteiger partial charge >= 0.3 is 0 Å². The Balaban J connectivity index is 2.14. The molecule has 4 nitrogen and oxygen atoms in total. The first kappa shape index (κ1) is 13.9. The number of nitro benzene ring substituents is 1. The lowest BCUT2D eigenvalue weighted by Gasteiger charge is -2.07. The van der Waals surface area contributed by atoms with Crippen LogP contribution in [0, 0.1) is 27.6 Å². The third kappa shape index (κ3) is 3.25. The van der Waals surface area contributed by atoms with E-state index in [1.54, 1.807) is 0 Å². The number of benzene rings is 2. The van der Waals surface area contributed by atoms with Crippen molar-refractivity contribution in [2.75, 3.05) is 5.32 Å². The van der Waals surface area contributed by atoms with E-state index >= 15 is 0 Å². The maximum absolute atomic E-state index is 13.2. The topological polar surface area (TPSA) is 55.2 Å². The molecule has 0 heterocycles. The van der Waals surface area contributed by atoms with Crippen molar-refractivity contribution in [2.45, 2.75) is 6.54 Å². The Kier molecular flexibility index (Phi) is 3.88. The summed E-state index contributed by atoms with van der Waals surface area (Å²) >= 11 is 0. The van der Waals surface area contributed by atoms with E-state index in [0.717, 1.165) is 24.3 Å². The van der Waals surface area contributed by atoms with E-state index in [-0.39, 0.29) is 17.9 Å². The third-order valence-corrected chi connectivity index (χ3v) is 2.57. The summed E-state index contributed by atoms with van der Waals surface area (Å²) < 4.78 is 38.9. The van der Waals surface area contributed by atoms with E-state index in [1.807, 2.05) is 0 Å². The monoisotopic (exact) mass is 282 g/mol. The molecular formula is C13H9F3N2O2. The summed E-state index contributed by atoms with van der Waals surface area (Å²) in [4.78, 5) is 9.88. The molecule has 0 fully saturated rings. The highest BCUT2D eigenvalue weighted by atomic mass is 19.2. The van der Waals surface area contributed by atoms with Gasteiger partial charge in [0.15, 0.2) is 11.6 Å². The van der Waals surface area contributed by atoms with E-state index in [4.69, 9.17) is 0 Å². The second-order valence-electron chi connectivity index (χ2n) is 4.06. The molecule has 0 aliphatic rings. The van der Waals surface area contributed by atoms with Gasteiger partial charge in [0.1, 0.15) is 5.82 Å². The van der Waals surface area contributed by atoms with E-state index in [1.165, 1.54) is 12.1 Å². The number of rotatable bonds is 4. The lowest BCUT2D eigenvalue weighted by Crippen LogP contribution is -2.02. The van der Waals surface area contributed by atoms with Crippen LogP contribution >= 0.6 is 0 Å². The van der Waals surface area contributed by atoms with Crippen LogP contribution < -0.4 is 5.32 Å². The Hall–Kier alpha value is -2.57. The van der Waals surface area contributed by atoms with Gasteiger partial charge in [-0.25, -0.2) is 13.2 Å². The highest BCUT2D eigenvalue weighted by Gasteiger charge is 2.10. The summed E-state index contributed by atoms with van der Waals surface area (Å²) in [5, 5.41) is 13.3. The molecule has 0 aliphatic carbocycles. The van der Waals surface area contributed by atoms with Crippen molar-refractivity contribution in [3.63, 3.8) is 0 Å². The summed E-state index contributed by atoms with van der Waals surface area (Å²) in [7, 11) is 0. The molecule has 0 saturated heterocycles. The standard InChI is InChI=1S/C13H9F3N2O2/c14-9-3-8(4-11(5-9)18(19)20)7-17-10-1-2-12(15)13(16)6-10/h1-6,17H,7H2. The maximum Gasteiger partial charge on any atom is 0.272 e. The zero-order valence-electron chi connectivity index (χ0n) is 10.1. The molecule has 7 heteroatoms. The van der Waals surface area contributed by atoms with Gasteiger partial charge in [-0.05, 0) is 23.8 Å². The van der Waals surface area contributed by atoms with Crippen LogP contribution in [0.3, 0.4) is 0 Å². The molecule has 0 saturated carbocycles. The maximum atomic E-state index is 13.2. The minimum absolute atomic E-state index is 0.0453. The van der Waals surface area contributed by atoms with Crippen LogP contribution in [0.1, 0.15) is 5.56 Å². The highest BCUT2D eigenvalue weighted by Crippen LogP contribution is 2.18. The fourth-order valence-corrected chi connectivity index (χ4v) is 1.65. The Morgan fingerprint density at radius 3 is 2.45 bits per heavy atom. The number of hydrogen-bond acceptors (Lipinski definition) is 3. The Morgan fingerprint density at radius 1 is 1.05 bits per heavy atom. The van der Waals surface area contributed by atoms with Crippen LogP contribution in [-0.2, 0) is 6.54 Å². The average molecular weight is 282 g/mol. The van der Waals surface area contributed by atoms with Crippen molar-refractivity contribution in [1.29, 1.82) is 0 Å². The molecule has 0 atom stereocenters. The average Bonchev–Trinajstić information content (AvgIpc) is 2.39. The van der Waals surface area contributed by atoms with Crippen molar-refractivity contribution in [3.05, 3.63) is 69.5 Å². The molecule has 1 N–H and O–H groups in total. The molecule has 2 aromatic carbocycles. The number of anilines is 1. The van der Waals surface area contributed by atoms with Crippen LogP contribution in [0.4, 0.5) is 24.5 Å². The number of nitro groups is 1. The SMILES string of the molecule is O=[N+]([O-])c1cc(F)cc(CNc2ccc(F)c(F)c2)c1. The van der Waals surface area contributed by atoms with Crippen LogP contribution in [0.25, 0.3) is 0 Å². The van der Waals surface area contributed by atoms with Crippen molar-refractivity contribution in [3.8, 4) is 0 Å². The highest BCUT2D eigenvalue weighted by molar-refractivity contribution is 5.45. The largest absolute Gasteiger partial charge is 0.381 e. The molecule has 2 aromatic rings. The van der Waals surface area contributed by atoms with Gasteiger partial charge in [-0.2, -0.15) is 0 Å². The summed E-state index contributed by atoms with van der Waals surface area (Å²) in [6.45, 7) is 0.0453. The lowest BCUT2D eigenvalue weighted by atomic mass is 10.2.